The first-order valence-corrected chi connectivity index (χ1v) is 9.25. The van der Waals surface area contributed by atoms with Gasteiger partial charge < -0.3 is 19.2 Å². The zero-order valence-corrected chi connectivity index (χ0v) is 15.8. The number of ether oxygens (including phenoxy) is 1. The molecule has 2 aromatic heterocycles. The molecule has 0 radical (unpaired) electrons. The van der Waals surface area contributed by atoms with E-state index < -0.39 is 5.97 Å². The van der Waals surface area contributed by atoms with Gasteiger partial charge in [-0.3, -0.25) is 9.88 Å². The second-order valence-corrected chi connectivity index (χ2v) is 6.59. The van der Waals surface area contributed by atoms with Crippen molar-refractivity contribution in [2.75, 3.05) is 37.7 Å². The van der Waals surface area contributed by atoms with Gasteiger partial charge in [0.2, 0.25) is 0 Å². The number of aromatic nitrogens is 2. The van der Waals surface area contributed by atoms with Gasteiger partial charge in [0.05, 0.1) is 12.3 Å². The van der Waals surface area contributed by atoms with Crippen LogP contribution in [0.25, 0.3) is 0 Å². The Morgan fingerprint density at radius 1 is 1.37 bits per heavy atom. The zero-order valence-electron chi connectivity index (χ0n) is 15.8. The Morgan fingerprint density at radius 2 is 2.22 bits per heavy atom. The third-order valence-corrected chi connectivity index (χ3v) is 4.63. The van der Waals surface area contributed by atoms with Gasteiger partial charge in [0, 0.05) is 44.5 Å². The normalized spacial score (nSPS) is 17.9. The average molecular weight is 374 g/mol. The molecule has 3 rings (SSSR count). The number of aryl methyl sites for hydroxylation is 1. The molecule has 1 saturated heterocycles. The summed E-state index contributed by atoms with van der Waals surface area (Å²) < 4.78 is 10.4. The topological polar surface area (TPSA) is 91.9 Å². The molecule has 8 heteroatoms. The first-order valence-electron chi connectivity index (χ1n) is 9.25. The lowest BCUT2D eigenvalue weighted by atomic mass is 10.1. The Kier molecular flexibility index (Phi) is 6.41. The number of hydrogen-bond acceptors (Lipinski definition) is 8. The molecule has 0 spiro atoms. The second kappa shape index (κ2) is 8.96. The van der Waals surface area contributed by atoms with Crippen molar-refractivity contribution in [2.45, 2.75) is 32.9 Å². The molecular formula is C19H26N4O4. The summed E-state index contributed by atoms with van der Waals surface area (Å²) in [5.74, 6) is -0.483. The summed E-state index contributed by atoms with van der Waals surface area (Å²) in [5, 5.41) is 9.48. The quantitative estimate of drug-likeness (QED) is 0.731. The maximum atomic E-state index is 11.8. The Morgan fingerprint density at radius 3 is 2.96 bits per heavy atom. The molecule has 1 fully saturated rings. The van der Waals surface area contributed by atoms with Crippen LogP contribution in [0.5, 0.6) is 0 Å². The molecule has 0 saturated carbocycles. The number of oxazole rings is 1. The van der Waals surface area contributed by atoms with Gasteiger partial charge in [-0.1, -0.05) is 6.07 Å². The Labute approximate surface area is 158 Å². The zero-order chi connectivity index (χ0) is 19.2. The van der Waals surface area contributed by atoms with E-state index in [2.05, 4.69) is 14.9 Å². The Balaban J connectivity index is 1.67. The van der Waals surface area contributed by atoms with Crippen LogP contribution in [-0.4, -0.2) is 64.8 Å². The number of carbonyl (C=O) groups excluding carboxylic acids is 1. The number of nitrogens with zero attached hydrogens (tertiary/aromatic N) is 4. The van der Waals surface area contributed by atoms with E-state index in [0.29, 0.717) is 25.6 Å². The smallest absolute Gasteiger partial charge is 0.360 e. The third kappa shape index (κ3) is 4.84. The Bertz CT molecular complexity index is 764. The number of piperazine rings is 1. The summed E-state index contributed by atoms with van der Waals surface area (Å²) in [5.41, 5.74) is 2.19. The minimum absolute atomic E-state index is 0.107. The summed E-state index contributed by atoms with van der Waals surface area (Å²) in [4.78, 5) is 24.9. The molecule has 1 N–H and O–H groups in total. The highest BCUT2D eigenvalue weighted by Gasteiger charge is 2.29. The lowest BCUT2D eigenvalue weighted by Crippen LogP contribution is -2.53. The summed E-state index contributed by atoms with van der Waals surface area (Å²) in [6.07, 6.45) is 1.98. The van der Waals surface area contributed by atoms with Crippen molar-refractivity contribution >= 4 is 12.0 Å². The van der Waals surface area contributed by atoms with Crippen LogP contribution in [0, 0.1) is 6.92 Å². The lowest BCUT2D eigenvalue weighted by molar-refractivity contribution is 0.0519. The summed E-state index contributed by atoms with van der Waals surface area (Å²) in [7, 11) is 0. The van der Waals surface area contributed by atoms with Gasteiger partial charge in [0.25, 0.3) is 6.01 Å². The monoisotopic (exact) mass is 374 g/mol. The van der Waals surface area contributed by atoms with Crippen LogP contribution in [-0.2, 0) is 11.3 Å². The highest BCUT2D eigenvalue weighted by Crippen LogP contribution is 2.22. The van der Waals surface area contributed by atoms with E-state index in [1.165, 1.54) is 6.26 Å². The molecule has 0 aromatic carbocycles. The predicted octanol–water partition coefficient (Wildman–Crippen LogP) is 1.63. The SMILES string of the molecule is CCOC(=O)c1coc(N2CCN(Cc3cccc(C)n3)[C@@H](CCO)C2)n1. The minimum Gasteiger partial charge on any atom is -0.461 e. The molecule has 3 heterocycles. The van der Waals surface area contributed by atoms with Crippen molar-refractivity contribution in [3.05, 3.63) is 41.5 Å². The van der Waals surface area contributed by atoms with E-state index in [1.807, 2.05) is 30.0 Å². The van der Waals surface area contributed by atoms with Gasteiger partial charge in [-0.25, -0.2) is 4.79 Å². The summed E-state index contributed by atoms with van der Waals surface area (Å²) in [6.45, 7) is 7.04. The fourth-order valence-electron chi connectivity index (χ4n) is 3.30. The van der Waals surface area contributed by atoms with Gasteiger partial charge >= 0.3 is 5.97 Å². The van der Waals surface area contributed by atoms with Crippen LogP contribution in [0.3, 0.4) is 0 Å². The number of aliphatic hydroxyl groups excluding tert-OH is 1. The Hall–Kier alpha value is -2.45. The van der Waals surface area contributed by atoms with E-state index in [1.54, 1.807) is 6.92 Å². The van der Waals surface area contributed by atoms with Gasteiger partial charge in [0.1, 0.15) is 6.26 Å². The van der Waals surface area contributed by atoms with Crippen molar-refractivity contribution in [1.82, 2.24) is 14.9 Å². The van der Waals surface area contributed by atoms with Crippen LogP contribution in [0.15, 0.2) is 28.9 Å². The van der Waals surface area contributed by atoms with Crippen molar-refractivity contribution in [3.63, 3.8) is 0 Å². The number of esters is 1. The fraction of sp³-hybridized carbons (Fsp3) is 0.526. The molecular weight excluding hydrogens is 348 g/mol. The highest BCUT2D eigenvalue weighted by atomic mass is 16.5. The molecule has 1 aliphatic rings. The van der Waals surface area contributed by atoms with E-state index in [9.17, 15) is 9.90 Å². The molecule has 0 unspecified atom stereocenters. The van der Waals surface area contributed by atoms with Crippen LogP contribution >= 0.6 is 0 Å². The number of anilines is 1. The number of aliphatic hydroxyl groups is 1. The molecule has 2 aromatic rings. The van der Waals surface area contributed by atoms with E-state index in [4.69, 9.17) is 9.15 Å². The summed E-state index contributed by atoms with van der Waals surface area (Å²) in [6, 6.07) is 6.57. The number of carbonyl (C=O) groups is 1. The molecule has 1 atom stereocenters. The largest absolute Gasteiger partial charge is 0.461 e. The third-order valence-electron chi connectivity index (χ3n) is 4.63. The summed E-state index contributed by atoms with van der Waals surface area (Å²) >= 11 is 0. The predicted molar refractivity (Wildman–Crippen MR) is 99.5 cm³/mol. The molecule has 1 aliphatic heterocycles. The highest BCUT2D eigenvalue weighted by molar-refractivity contribution is 5.87. The van der Waals surface area contributed by atoms with Gasteiger partial charge in [0.15, 0.2) is 5.69 Å². The van der Waals surface area contributed by atoms with Crippen LogP contribution < -0.4 is 4.90 Å². The standard InChI is InChI=1S/C19H26N4O4/c1-3-26-18(25)17-13-27-19(21-17)23-9-8-22(16(12-23)7-10-24)11-15-6-4-5-14(2)20-15/h4-6,13,16,24H,3,7-12H2,1-2H3/t16-/m0/s1. The molecule has 8 nitrogen and oxygen atoms in total. The first kappa shape index (κ1) is 19.3. The number of hydrogen-bond donors (Lipinski definition) is 1. The molecule has 0 aliphatic carbocycles. The van der Waals surface area contributed by atoms with E-state index in [-0.39, 0.29) is 18.3 Å². The van der Waals surface area contributed by atoms with E-state index in [0.717, 1.165) is 31.0 Å². The number of rotatable bonds is 7. The van der Waals surface area contributed by atoms with Crippen LogP contribution in [0.1, 0.15) is 35.2 Å². The molecule has 27 heavy (non-hydrogen) atoms. The van der Waals surface area contributed by atoms with Crippen LogP contribution in [0.4, 0.5) is 6.01 Å². The van der Waals surface area contributed by atoms with Crippen LogP contribution in [0.2, 0.25) is 0 Å². The lowest BCUT2D eigenvalue weighted by Gasteiger charge is -2.40. The van der Waals surface area contributed by atoms with Gasteiger partial charge in [-0.05, 0) is 32.4 Å². The maximum absolute atomic E-state index is 11.8. The van der Waals surface area contributed by atoms with Crippen molar-refractivity contribution in [3.8, 4) is 0 Å². The molecule has 0 amide bonds. The van der Waals surface area contributed by atoms with E-state index >= 15 is 0 Å². The molecule has 0 bridgehead atoms. The van der Waals surface area contributed by atoms with Crippen molar-refractivity contribution in [2.24, 2.45) is 0 Å². The fourth-order valence-corrected chi connectivity index (χ4v) is 3.30. The van der Waals surface area contributed by atoms with Crippen molar-refractivity contribution < 1.29 is 19.1 Å². The molecule has 146 valence electrons. The van der Waals surface area contributed by atoms with Crippen molar-refractivity contribution in [1.29, 1.82) is 0 Å². The maximum Gasteiger partial charge on any atom is 0.360 e. The average Bonchev–Trinajstić information content (AvgIpc) is 3.14. The first-order chi connectivity index (χ1) is 13.1. The minimum atomic E-state index is -0.483. The number of pyridine rings is 1. The van der Waals surface area contributed by atoms with Gasteiger partial charge in [-0.15, -0.1) is 0 Å². The van der Waals surface area contributed by atoms with Gasteiger partial charge in [-0.2, -0.15) is 4.98 Å². The second-order valence-electron chi connectivity index (χ2n) is 6.59.